The predicted octanol–water partition coefficient (Wildman–Crippen LogP) is 7.58. The molecule has 1 saturated heterocycles. The number of methoxy groups -OCH3 is 2. The van der Waals surface area contributed by atoms with E-state index >= 15 is 8.78 Å². The Morgan fingerprint density at radius 3 is 2.41 bits per heavy atom. The third-order valence-electron chi connectivity index (χ3n) is 7.18. The summed E-state index contributed by atoms with van der Waals surface area (Å²) in [4.78, 5) is 8.01. The maximum Gasteiger partial charge on any atom is 0.214 e. The fourth-order valence-electron chi connectivity index (χ4n) is 5.47. The molecule has 2 heterocycles. The van der Waals surface area contributed by atoms with Gasteiger partial charge in [0.1, 0.15) is 33.1 Å². The zero-order valence-corrected chi connectivity index (χ0v) is 25.7. The van der Waals surface area contributed by atoms with Gasteiger partial charge in [0.2, 0.25) is 5.95 Å². The maximum atomic E-state index is 15.8. The molecular formula is C30H36ClF3N4O2S. The smallest absolute Gasteiger partial charge is 0.214 e. The minimum absolute atomic E-state index is 0.0978. The van der Waals surface area contributed by atoms with Crippen LogP contribution in [0.3, 0.4) is 0 Å². The molecule has 1 aliphatic rings. The predicted molar refractivity (Wildman–Crippen MR) is 160 cm³/mol. The third-order valence-corrected chi connectivity index (χ3v) is 8.63. The molecule has 1 fully saturated rings. The molecule has 1 unspecified atom stereocenters. The van der Waals surface area contributed by atoms with Gasteiger partial charge in [-0.1, -0.05) is 17.7 Å². The lowest BCUT2D eigenvalue weighted by molar-refractivity contribution is 0.124. The number of benzene rings is 2. The Labute approximate surface area is 249 Å². The van der Waals surface area contributed by atoms with Crippen molar-refractivity contribution >= 4 is 35.1 Å². The van der Waals surface area contributed by atoms with Crippen LogP contribution in [0.5, 0.6) is 11.5 Å². The van der Waals surface area contributed by atoms with E-state index in [1.165, 1.54) is 29.6 Å². The number of ether oxygens (including phenoxy) is 2. The molecule has 1 aromatic heterocycles. The average Bonchev–Trinajstić information content (AvgIpc) is 3.41. The lowest BCUT2D eigenvalue weighted by Gasteiger charge is -2.36. The number of rotatable bonds is 11. The molecule has 4 rings (SSSR count). The lowest BCUT2D eigenvalue weighted by Crippen LogP contribution is -2.46. The molecule has 2 aromatic carbocycles. The SMILES string of the molecule is COc1ccc(CN(Sc2c(F)cc(N3CCC(N(C(C)C)C(C)C)C3)c(Cl)c2F)c2cccc(F)n2)c(OC)c1. The van der Waals surface area contributed by atoms with E-state index in [0.717, 1.165) is 18.4 Å². The molecule has 1 aliphatic heterocycles. The van der Waals surface area contributed by atoms with Gasteiger partial charge in [0.25, 0.3) is 0 Å². The molecule has 41 heavy (non-hydrogen) atoms. The van der Waals surface area contributed by atoms with Gasteiger partial charge in [0.15, 0.2) is 5.82 Å². The van der Waals surface area contributed by atoms with Gasteiger partial charge in [0, 0.05) is 48.9 Å². The Kier molecular flexibility index (Phi) is 10.2. The summed E-state index contributed by atoms with van der Waals surface area (Å²) in [6.45, 7) is 9.98. The summed E-state index contributed by atoms with van der Waals surface area (Å²) in [5.74, 6) is -1.09. The Hall–Kier alpha value is -2.82. The summed E-state index contributed by atoms with van der Waals surface area (Å²) in [6.07, 6.45) is 0.870. The standard InChI is InChI=1S/C30H36ClF3N4O2S/c1-18(2)38(19(3)4)21-12-13-36(17-21)24-15-23(32)30(29(34)28(24)31)41-37(27-9-7-8-26(33)35-27)16-20-10-11-22(39-5)14-25(20)40-6/h7-11,14-15,18-19,21H,12-13,16-17H2,1-6H3. The summed E-state index contributed by atoms with van der Waals surface area (Å²) < 4.78 is 57.9. The van der Waals surface area contributed by atoms with Crippen molar-refractivity contribution < 1.29 is 22.6 Å². The van der Waals surface area contributed by atoms with Gasteiger partial charge in [-0.3, -0.25) is 9.21 Å². The number of halogens is 4. The summed E-state index contributed by atoms with van der Waals surface area (Å²) in [6, 6.07) is 11.7. The van der Waals surface area contributed by atoms with Crippen LogP contribution < -0.4 is 18.7 Å². The summed E-state index contributed by atoms with van der Waals surface area (Å²) >= 11 is 7.32. The number of nitrogens with zero attached hydrogens (tertiary/aromatic N) is 4. The van der Waals surface area contributed by atoms with E-state index in [9.17, 15) is 4.39 Å². The molecule has 0 aliphatic carbocycles. The minimum Gasteiger partial charge on any atom is -0.497 e. The number of aromatic nitrogens is 1. The zero-order valence-electron chi connectivity index (χ0n) is 24.1. The molecule has 6 nitrogen and oxygen atoms in total. The van der Waals surface area contributed by atoms with E-state index in [4.69, 9.17) is 21.1 Å². The van der Waals surface area contributed by atoms with E-state index < -0.39 is 17.6 Å². The molecule has 11 heteroatoms. The van der Waals surface area contributed by atoms with Crippen LogP contribution in [0, 0.1) is 17.6 Å². The minimum atomic E-state index is -0.872. The fourth-order valence-corrected chi connectivity index (χ4v) is 6.74. The molecule has 0 bridgehead atoms. The third kappa shape index (κ3) is 6.98. The Morgan fingerprint density at radius 2 is 1.78 bits per heavy atom. The molecule has 3 aromatic rings. The van der Waals surface area contributed by atoms with E-state index in [2.05, 4.69) is 37.6 Å². The van der Waals surface area contributed by atoms with E-state index in [-0.39, 0.29) is 28.3 Å². The number of hydrogen-bond donors (Lipinski definition) is 0. The number of pyridine rings is 1. The van der Waals surface area contributed by atoms with Gasteiger partial charge >= 0.3 is 0 Å². The molecule has 1 atom stereocenters. The first-order valence-corrected chi connectivity index (χ1v) is 14.7. The Bertz CT molecular complexity index is 1360. The van der Waals surface area contributed by atoms with Gasteiger partial charge < -0.3 is 14.4 Å². The average molecular weight is 609 g/mol. The van der Waals surface area contributed by atoms with Crippen molar-refractivity contribution in [3.05, 3.63) is 70.6 Å². The van der Waals surface area contributed by atoms with Crippen molar-refractivity contribution in [3.8, 4) is 11.5 Å². The second-order valence-electron chi connectivity index (χ2n) is 10.5. The van der Waals surface area contributed by atoms with Crippen molar-refractivity contribution in [1.82, 2.24) is 9.88 Å². The van der Waals surface area contributed by atoms with Gasteiger partial charge in [-0.15, -0.1) is 0 Å². The Balaban J connectivity index is 1.65. The highest BCUT2D eigenvalue weighted by molar-refractivity contribution is 8.00. The van der Waals surface area contributed by atoms with Crippen LogP contribution in [0.1, 0.15) is 39.7 Å². The van der Waals surface area contributed by atoms with E-state index in [1.807, 2.05) is 4.90 Å². The molecule has 0 spiro atoms. The van der Waals surface area contributed by atoms with Crippen LogP contribution in [0.15, 0.2) is 47.4 Å². The molecule has 0 radical (unpaired) electrons. The molecule has 0 amide bonds. The maximum absolute atomic E-state index is 15.8. The number of hydrogen-bond acceptors (Lipinski definition) is 7. The van der Waals surface area contributed by atoms with Crippen molar-refractivity contribution in [2.75, 3.05) is 36.5 Å². The summed E-state index contributed by atoms with van der Waals surface area (Å²) in [7, 11) is 3.05. The fraction of sp³-hybridized carbons (Fsp3) is 0.433. The van der Waals surface area contributed by atoms with Crippen molar-refractivity contribution in [2.24, 2.45) is 0 Å². The monoisotopic (exact) mass is 608 g/mol. The second-order valence-corrected chi connectivity index (χ2v) is 11.9. The van der Waals surface area contributed by atoms with E-state index in [0.29, 0.717) is 47.9 Å². The highest BCUT2D eigenvalue weighted by Crippen LogP contribution is 2.42. The molecule has 0 N–H and O–H groups in total. The quantitative estimate of drug-likeness (QED) is 0.126. The van der Waals surface area contributed by atoms with Crippen LogP contribution in [-0.4, -0.2) is 55.3 Å². The van der Waals surface area contributed by atoms with Crippen molar-refractivity contribution in [2.45, 2.75) is 63.7 Å². The number of anilines is 2. The van der Waals surface area contributed by atoms with Crippen LogP contribution in [0.4, 0.5) is 24.7 Å². The first kappa shape index (κ1) is 31.1. The van der Waals surface area contributed by atoms with Crippen LogP contribution in [0.25, 0.3) is 0 Å². The van der Waals surface area contributed by atoms with Crippen molar-refractivity contribution in [1.29, 1.82) is 0 Å². The lowest BCUT2D eigenvalue weighted by atomic mass is 10.1. The topological polar surface area (TPSA) is 41.1 Å². The normalized spacial score (nSPS) is 15.3. The summed E-state index contributed by atoms with van der Waals surface area (Å²) in [5.41, 5.74) is 1.01. The van der Waals surface area contributed by atoms with Crippen LogP contribution in [0.2, 0.25) is 5.02 Å². The highest BCUT2D eigenvalue weighted by atomic mass is 35.5. The highest BCUT2D eigenvalue weighted by Gasteiger charge is 2.33. The first-order valence-electron chi connectivity index (χ1n) is 13.5. The molecular weight excluding hydrogens is 573 g/mol. The van der Waals surface area contributed by atoms with Gasteiger partial charge in [0.05, 0.1) is 26.5 Å². The zero-order chi connectivity index (χ0) is 29.8. The van der Waals surface area contributed by atoms with Gasteiger partial charge in [-0.05, 0) is 70.3 Å². The first-order chi connectivity index (χ1) is 19.5. The largest absolute Gasteiger partial charge is 0.497 e. The van der Waals surface area contributed by atoms with E-state index in [1.54, 1.807) is 31.4 Å². The molecule has 222 valence electrons. The van der Waals surface area contributed by atoms with Gasteiger partial charge in [-0.2, -0.15) is 4.39 Å². The van der Waals surface area contributed by atoms with Crippen LogP contribution in [-0.2, 0) is 6.54 Å². The second kappa shape index (κ2) is 13.4. The molecule has 0 saturated carbocycles. The van der Waals surface area contributed by atoms with Crippen molar-refractivity contribution in [3.63, 3.8) is 0 Å². The summed E-state index contributed by atoms with van der Waals surface area (Å²) in [5, 5.41) is -0.149. The van der Waals surface area contributed by atoms with Crippen LogP contribution >= 0.6 is 23.5 Å². The Morgan fingerprint density at radius 1 is 1.05 bits per heavy atom. The van der Waals surface area contributed by atoms with Gasteiger partial charge in [-0.25, -0.2) is 13.8 Å².